The van der Waals surface area contributed by atoms with Gasteiger partial charge in [0.15, 0.2) is 0 Å². The molecule has 0 bridgehead atoms. The highest BCUT2D eigenvalue weighted by Crippen LogP contribution is 2.34. The fraction of sp³-hybridized carbons (Fsp3) is 0.250. The second kappa shape index (κ2) is 7.32. The second-order valence-corrected chi connectivity index (χ2v) is 6.86. The smallest absolute Gasteiger partial charge is 0.126 e. The highest BCUT2D eigenvalue weighted by molar-refractivity contribution is 9.10. The van der Waals surface area contributed by atoms with Crippen LogP contribution in [0.5, 0.6) is 0 Å². The minimum absolute atomic E-state index is 0.264. The van der Waals surface area contributed by atoms with Crippen molar-refractivity contribution >= 4 is 50.7 Å². The van der Waals surface area contributed by atoms with Gasteiger partial charge in [-0.25, -0.2) is 4.39 Å². The van der Waals surface area contributed by atoms with E-state index in [0.29, 0.717) is 17.0 Å². The molecule has 21 heavy (non-hydrogen) atoms. The van der Waals surface area contributed by atoms with Gasteiger partial charge in [-0.15, -0.1) is 23.2 Å². The Kier molecular flexibility index (Phi) is 5.96. The van der Waals surface area contributed by atoms with Gasteiger partial charge in [0.2, 0.25) is 0 Å². The van der Waals surface area contributed by atoms with Crippen LogP contribution in [-0.2, 0) is 11.8 Å². The molecule has 0 heterocycles. The van der Waals surface area contributed by atoms with Crippen LogP contribution < -0.4 is 0 Å². The molecule has 0 aromatic heterocycles. The van der Waals surface area contributed by atoms with E-state index in [-0.39, 0.29) is 17.6 Å². The van der Waals surface area contributed by atoms with Gasteiger partial charge in [-0.05, 0) is 47.9 Å². The number of rotatable bonds is 5. The van der Waals surface area contributed by atoms with E-state index in [2.05, 4.69) is 15.9 Å². The molecule has 2 aromatic carbocycles. The van der Waals surface area contributed by atoms with E-state index >= 15 is 0 Å². The summed E-state index contributed by atoms with van der Waals surface area (Å²) >= 11 is 21.8. The van der Waals surface area contributed by atoms with Gasteiger partial charge in [0, 0.05) is 26.7 Å². The average molecular weight is 411 g/mol. The van der Waals surface area contributed by atoms with Gasteiger partial charge in [-0.2, -0.15) is 0 Å². The molecule has 0 unspecified atom stereocenters. The third-order valence-electron chi connectivity index (χ3n) is 3.49. The summed E-state index contributed by atoms with van der Waals surface area (Å²) in [6.45, 7) is 0. The largest absolute Gasteiger partial charge is 0.207 e. The lowest BCUT2D eigenvalue weighted by atomic mass is 9.78. The Morgan fingerprint density at radius 1 is 1.05 bits per heavy atom. The van der Waals surface area contributed by atoms with Crippen molar-refractivity contribution in [2.45, 2.75) is 11.8 Å². The Labute approximate surface area is 147 Å². The Hall–Kier alpha value is -0.280. The summed E-state index contributed by atoms with van der Waals surface area (Å²) in [7, 11) is 0. The van der Waals surface area contributed by atoms with Crippen molar-refractivity contribution < 1.29 is 4.39 Å². The van der Waals surface area contributed by atoms with Crippen molar-refractivity contribution in [3.05, 3.63) is 68.9 Å². The second-order valence-electron chi connectivity index (χ2n) is 4.97. The Balaban J connectivity index is 2.45. The van der Waals surface area contributed by atoms with Crippen molar-refractivity contribution in [1.29, 1.82) is 0 Å². The van der Waals surface area contributed by atoms with E-state index in [1.807, 2.05) is 18.2 Å². The lowest BCUT2D eigenvalue weighted by molar-refractivity contribution is 0.512. The van der Waals surface area contributed by atoms with Gasteiger partial charge in [-0.1, -0.05) is 39.7 Å². The molecule has 0 atom stereocenters. The van der Waals surface area contributed by atoms with Gasteiger partial charge in [0.05, 0.1) is 0 Å². The van der Waals surface area contributed by atoms with Gasteiger partial charge in [0.25, 0.3) is 0 Å². The van der Waals surface area contributed by atoms with Crippen molar-refractivity contribution in [2.24, 2.45) is 0 Å². The number of hydrogen-bond donors (Lipinski definition) is 0. The molecule has 0 aliphatic rings. The van der Waals surface area contributed by atoms with Crippen LogP contribution in [0.2, 0.25) is 5.02 Å². The fourth-order valence-corrected chi connectivity index (χ4v) is 3.63. The SMILES string of the molecule is Fc1ccc(Br)cc1CC(CCl)(CCl)c1cccc(Cl)c1. The molecule has 0 amide bonds. The van der Waals surface area contributed by atoms with Crippen molar-refractivity contribution in [3.8, 4) is 0 Å². The number of benzene rings is 2. The number of halogens is 5. The standard InChI is InChI=1S/C16H13BrCl3F/c17-13-4-5-15(21)11(6-13)8-16(9-18,10-19)12-2-1-3-14(20)7-12/h1-7H,8-10H2. The fourth-order valence-electron chi connectivity index (χ4n) is 2.25. The summed E-state index contributed by atoms with van der Waals surface area (Å²) in [4.78, 5) is 0. The monoisotopic (exact) mass is 408 g/mol. The molecule has 0 radical (unpaired) electrons. The summed E-state index contributed by atoms with van der Waals surface area (Å²) in [5.74, 6) is 0.297. The normalized spacial score (nSPS) is 11.7. The van der Waals surface area contributed by atoms with Crippen LogP contribution in [0.15, 0.2) is 46.9 Å². The third kappa shape index (κ3) is 3.92. The van der Waals surface area contributed by atoms with Crippen LogP contribution in [0.25, 0.3) is 0 Å². The molecule has 0 nitrogen and oxygen atoms in total. The molecule has 2 rings (SSSR count). The molecule has 0 saturated carbocycles. The Morgan fingerprint density at radius 3 is 2.38 bits per heavy atom. The van der Waals surface area contributed by atoms with Gasteiger partial charge in [-0.3, -0.25) is 0 Å². The lowest BCUT2D eigenvalue weighted by Crippen LogP contribution is -2.33. The molecule has 2 aromatic rings. The van der Waals surface area contributed by atoms with Crippen LogP contribution in [0.4, 0.5) is 4.39 Å². The van der Waals surface area contributed by atoms with E-state index in [1.165, 1.54) is 6.07 Å². The first kappa shape index (κ1) is 17.1. The van der Waals surface area contributed by atoms with Crippen LogP contribution in [0.1, 0.15) is 11.1 Å². The maximum atomic E-state index is 14.0. The molecular weight excluding hydrogens is 397 g/mol. The van der Waals surface area contributed by atoms with Crippen LogP contribution >= 0.6 is 50.7 Å². The highest BCUT2D eigenvalue weighted by Gasteiger charge is 2.32. The molecule has 112 valence electrons. The zero-order valence-corrected chi connectivity index (χ0v) is 14.9. The highest BCUT2D eigenvalue weighted by atomic mass is 79.9. The van der Waals surface area contributed by atoms with Crippen molar-refractivity contribution in [3.63, 3.8) is 0 Å². The topological polar surface area (TPSA) is 0 Å². The molecule has 0 saturated heterocycles. The van der Waals surface area contributed by atoms with Crippen molar-refractivity contribution in [1.82, 2.24) is 0 Å². The minimum atomic E-state index is -0.560. The summed E-state index contributed by atoms with van der Waals surface area (Å²) in [5, 5.41) is 0.613. The lowest BCUT2D eigenvalue weighted by Gasteiger charge is -2.31. The molecule has 0 aliphatic heterocycles. The summed E-state index contributed by atoms with van der Waals surface area (Å²) in [6.07, 6.45) is 0.408. The first-order valence-electron chi connectivity index (χ1n) is 6.33. The zero-order chi connectivity index (χ0) is 15.5. The minimum Gasteiger partial charge on any atom is -0.207 e. The first-order chi connectivity index (χ1) is 10.0. The van der Waals surface area contributed by atoms with Gasteiger partial charge in [0.1, 0.15) is 5.82 Å². The molecular formula is C16H13BrCl3F. The van der Waals surface area contributed by atoms with E-state index < -0.39 is 5.41 Å². The van der Waals surface area contributed by atoms with Crippen LogP contribution in [0.3, 0.4) is 0 Å². The van der Waals surface area contributed by atoms with E-state index in [0.717, 1.165) is 10.0 Å². The maximum absolute atomic E-state index is 14.0. The average Bonchev–Trinajstić information content (AvgIpc) is 2.48. The van der Waals surface area contributed by atoms with E-state index in [1.54, 1.807) is 18.2 Å². The summed E-state index contributed by atoms with van der Waals surface area (Å²) in [6, 6.07) is 12.3. The Morgan fingerprint density at radius 2 is 1.76 bits per heavy atom. The summed E-state index contributed by atoms with van der Waals surface area (Å²) < 4.78 is 14.9. The molecule has 0 spiro atoms. The predicted molar refractivity (Wildman–Crippen MR) is 92.4 cm³/mol. The summed E-state index contributed by atoms with van der Waals surface area (Å²) in [5.41, 5.74) is 0.931. The number of alkyl halides is 2. The molecule has 0 aliphatic carbocycles. The molecule has 0 fully saturated rings. The molecule has 0 N–H and O–H groups in total. The third-order valence-corrected chi connectivity index (χ3v) is 5.24. The van der Waals surface area contributed by atoms with Crippen LogP contribution in [0, 0.1) is 5.82 Å². The van der Waals surface area contributed by atoms with Gasteiger partial charge >= 0.3 is 0 Å². The zero-order valence-electron chi connectivity index (χ0n) is 11.1. The Bertz CT molecular complexity index is 627. The number of hydrogen-bond acceptors (Lipinski definition) is 0. The van der Waals surface area contributed by atoms with Crippen molar-refractivity contribution in [2.75, 3.05) is 11.8 Å². The van der Waals surface area contributed by atoms with E-state index in [9.17, 15) is 4.39 Å². The predicted octanol–water partition coefficient (Wildman–Crippen LogP) is 6.20. The first-order valence-corrected chi connectivity index (χ1v) is 8.57. The van der Waals surface area contributed by atoms with Gasteiger partial charge < -0.3 is 0 Å². The van der Waals surface area contributed by atoms with E-state index in [4.69, 9.17) is 34.8 Å². The van der Waals surface area contributed by atoms with Crippen LogP contribution in [-0.4, -0.2) is 11.8 Å². The quantitative estimate of drug-likeness (QED) is 0.515. The molecule has 5 heteroatoms. The maximum Gasteiger partial charge on any atom is 0.126 e.